The number of hydrogen-bond acceptors (Lipinski definition) is 4. The molecule has 3 rings (SSSR count). The van der Waals surface area contributed by atoms with Crippen LogP contribution >= 0.6 is 11.6 Å². The monoisotopic (exact) mass is 391 g/mol. The summed E-state index contributed by atoms with van der Waals surface area (Å²) in [6.07, 6.45) is 2.63. The summed E-state index contributed by atoms with van der Waals surface area (Å²) >= 11 is 6.12. The van der Waals surface area contributed by atoms with Crippen LogP contribution in [0.25, 0.3) is 0 Å². The van der Waals surface area contributed by atoms with Crippen LogP contribution < -0.4 is 10.1 Å². The van der Waals surface area contributed by atoms with Gasteiger partial charge in [-0.2, -0.15) is 0 Å². The first kappa shape index (κ1) is 19.1. The van der Waals surface area contributed by atoms with Crippen molar-refractivity contribution in [2.45, 2.75) is 25.9 Å². The molecule has 0 aliphatic carbocycles. The van der Waals surface area contributed by atoms with Gasteiger partial charge in [0.1, 0.15) is 23.5 Å². The van der Waals surface area contributed by atoms with E-state index < -0.39 is 0 Å². The van der Waals surface area contributed by atoms with Crippen LogP contribution in [0.2, 0.25) is 5.02 Å². The molecule has 0 radical (unpaired) electrons. The molecule has 0 atom stereocenters. The zero-order chi connectivity index (χ0) is 19.4. The Balaban J connectivity index is 1.61. The molecule has 0 unspecified atom stereocenters. The Hall–Kier alpha value is -2.67. The van der Waals surface area contributed by atoms with Crippen molar-refractivity contribution in [3.05, 3.63) is 52.9 Å². The molecule has 1 N–H and O–H groups in total. The Labute approximate surface area is 161 Å². The van der Waals surface area contributed by atoms with E-state index in [-0.39, 0.29) is 34.6 Å². The number of carbonyl (C=O) groups is 2. The van der Waals surface area contributed by atoms with Crippen LogP contribution in [-0.2, 0) is 4.79 Å². The average Bonchev–Trinajstić information content (AvgIpc) is 2.65. The van der Waals surface area contributed by atoms with Crippen LogP contribution in [-0.4, -0.2) is 40.9 Å². The van der Waals surface area contributed by atoms with Gasteiger partial charge < -0.3 is 15.0 Å². The topological polar surface area (TPSA) is 71.5 Å². The van der Waals surface area contributed by atoms with E-state index in [4.69, 9.17) is 16.3 Å². The second kappa shape index (κ2) is 8.35. The highest BCUT2D eigenvalue weighted by molar-refractivity contribution is 6.33. The first-order chi connectivity index (χ1) is 12.9. The van der Waals surface area contributed by atoms with Gasteiger partial charge in [-0.3, -0.25) is 9.59 Å². The second-order valence-electron chi connectivity index (χ2n) is 6.29. The standard InChI is InChI=1S/C19H19ClFN3O3/c1-12(25)23-18-10-16(17(20)11-22-18)19(26)24-8-6-15(7-9-24)27-14-4-2-13(21)3-5-14/h2-5,10-11,15H,6-9H2,1H3,(H,22,23,25). The lowest BCUT2D eigenvalue weighted by Gasteiger charge is -2.32. The fraction of sp³-hybridized carbons (Fsp3) is 0.316. The summed E-state index contributed by atoms with van der Waals surface area (Å²) < 4.78 is 18.8. The maximum absolute atomic E-state index is 13.0. The second-order valence-corrected chi connectivity index (χ2v) is 6.70. The van der Waals surface area contributed by atoms with Gasteiger partial charge in [0, 0.05) is 39.1 Å². The smallest absolute Gasteiger partial charge is 0.255 e. The molecule has 1 aromatic carbocycles. The van der Waals surface area contributed by atoms with Crippen molar-refractivity contribution >= 4 is 29.2 Å². The molecule has 8 heteroatoms. The van der Waals surface area contributed by atoms with Crippen molar-refractivity contribution in [3.8, 4) is 5.75 Å². The van der Waals surface area contributed by atoms with Crippen LogP contribution in [0.1, 0.15) is 30.1 Å². The molecule has 1 saturated heterocycles. The highest BCUT2D eigenvalue weighted by atomic mass is 35.5. The third kappa shape index (κ3) is 4.95. The number of rotatable bonds is 4. The Kier molecular flexibility index (Phi) is 5.91. The summed E-state index contributed by atoms with van der Waals surface area (Å²) in [5, 5.41) is 2.78. The quantitative estimate of drug-likeness (QED) is 0.865. The largest absolute Gasteiger partial charge is 0.490 e. The summed E-state index contributed by atoms with van der Waals surface area (Å²) in [4.78, 5) is 29.6. The predicted octanol–water partition coefficient (Wildman–Crippen LogP) is 3.52. The summed E-state index contributed by atoms with van der Waals surface area (Å²) in [6.45, 7) is 2.39. The molecule has 6 nitrogen and oxygen atoms in total. The van der Waals surface area contributed by atoms with Crippen molar-refractivity contribution in [2.75, 3.05) is 18.4 Å². The van der Waals surface area contributed by atoms with Gasteiger partial charge in [0.15, 0.2) is 0 Å². The molecule has 2 heterocycles. The molecule has 27 heavy (non-hydrogen) atoms. The third-order valence-electron chi connectivity index (χ3n) is 4.24. The number of ether oxygens (including phenoxy) is 1. The molecular formula is C19H19ClFN3O3. The maximum Gasteiger partial charge on any atom is 0.255 e. The van der Waals surface area contributed by atoms with E-state index in [1.54, 1.807) is 17.0 Å². The highest BCUT2D eigenvalue weighted by Gasteiger charge is 2.26. The number of nitrogens with one attached hydrogen (secondary N) is 1. The van der Waals surface area contributed by atoms with E-state index in [9.17, 15) is 14.0 Å². The number of aromatic nitrogens is 1. The SMILES string of the molecule is CC(=O)Nc1cc(C(=O)N2CCC(Oc3ccc(F)cc3)CC2)c(Cl)cn1. The fourth-order valence-electron chi connectivity index (χ4n) is 2.90. The molecule has 1 aliphatic heterocycles. The van der Waals surface area contributed by atoms with Crippen LogP contribution in [0.15, 0.2) is 36.5 Å². The van der Waals surface area contributed by atoms with Crippen molar-refractivity contribution in [3.63, 3.8) is 0 Å². The number of nitrogens with zero attached hydrogens (tertiary/aromatic N) is 2. The van der Waals surface area contributed by atoms with Gasteiger partial charge >= 0.3 is 0 Å². The van der Waals surface area contributed by atoms with E-state index in [0.717, 1.165) is 0 Å². The number of benzene rings is 1. The van der Waals surface area contributed by atoms with Gasteiger partial charge in [0.05, 0.1) is 10.6 Å². The summed E-state index contributed by atoms with van der Waals surface area (Å²) in [5.74, 6) is 0.0925. The number of likely N-dealkylation sites (tertiary alicyclic amines) is 1. The summed E-state index contributed by atoms with van der Waals surface area (Å²) in [6, 6.07) is 7.37. The number of carbonyl (C=O) groups excluding carboxylic acids is 2. The average molecular weight is 392 g/mol. The molecule has 2 amide bonds. The lowest BCUT2D eigenvalue weighted by Crippen LogP contribution is -2.41. The minimum absolute atomic E-state index is 0.0395. The van der Waals surface area contributed by atoms with Crippen LogP contribution in [0.5, 0.6) is 5.75 Å². The number of halogens is 2. The highest BCUT2D eigenvalue weighted by Crippen LogP contribution is 2.24. The lowest BCUT2D eigenvalue weighted by atomic mass is 10.1. The van der Waals surface area contributed by atoms with Crippen molar-refractivity contribution in [2.24, 2.45) is 0 Å². The van der Waals surface area contributed by atoms with Crippen molar-refractivity contribution in [1.82, 2.24) is 9.88 Å². The lowest BCUT2D eigenvalue weighted by molar-refractivity contribution is -0.114. The van der Waals surface area contributed by atoms with Crippen LogP contribution in [0, 0.1) is 5.82 Å². The third-order valence-corrected chi connectivity index (χ3v) is 4.54. The van der Waals surface area contributed by atoms with E-state index in [1.807, 2.05) is 0 Å². The zero-order valence-electron chi connectivity index (χ0n) is 14.7. The van der Waals surface area contributed by atoms with Gasteiger partial charge in [-0.1, -0.05) is 11.6 Å². The number of amides is 2. The minimum atomic E-state index is -0.310. The van der Waals surface area contributed by atoms with Gasteiger partial charge in [-0.25, -0.2) is 9.37 Å². The molecule has 142 valence electrons. The molecule has 0 spiro atoms. The first-order valence-electron chi connectivity index (χ1n) is 8.57. The Bertz CT molecular complexity index is 837. The normalized spacial score (nSPS) is 14.7. The Morgan fingerprint density at radius 2 is 1.93 bits per heavy atom. The number of hydrogen-bond donors (Lipinski definition) is 1. The fourth-order valence-corrected chi connectivity index (χ4v) is 3.09. The number of pyridine rings is 1. The number of anilines is 1. The van der Waals surface area contributed by atoms with Gasteiger partial charge in [0.25, 0.3) is 5.91 Å². The zero-order valence-corrected chi connectivity index (χ0v) is 15.5. The number of piperidine rings is 1. The first-order valence-corrected chi connectivity index (χ1v) is 8.95. The molecule has 1 fully saturated rings. The molecule has 2 aromatic rings. The molecule has 1 aromatic heterocycles. The van der Waals surface area contributed by atoms with E-state index in [0.29, 0.717) is 37.2 Å². The molecule has 1 aliphatic rings. The molecule has 0 bridgehead atoms. The van der Waals surface area contributed by atoms with Crippen molar-refractivity contribution in [1.29, 1.82) is 0 Å². The van der Waals surface area contributed by atoms with Gasteiger partial charge in [-0.05, 0) is 30.3 Å². The minimum Gasteiger partial charge on any atom is -0.490 e. The summed E-state index contributed by atoms with van der Waals surface area (Å²) in [5.41, 5.74) is 0.299. The Morgan fingerprint density at radius 1 is 1.26 bits per heavy atom. The van der Waals surface area contributed by atoms with E-state index >= 15 is 0 Å². The molecular weight excluding hydrogens is 373 g/mol. The van der Waals surface area contributed by atoms with Gasteiger partial charge in [0.2, 0.25) is 5.91 Å². The van der Waals surface area contributed by atoms with Crippen LogP contribution in [0.4, 0.5) is 10.2 Å². The summed E-state index contributed by atoms with van der Waals surface area (Å²) in [7, 11) is 0. The van der Waals surface area contributed by atoms with E-state index in [1.165, 1.54) is 31.3 Å². The Morgan fingerprint density at radius 3 is 2.56 bits per heavy atom. The van der Waals surface area contributed by atoms with Crippen LogP contribution in [0.3, 0.4) is 0 Å². The van der Waals surface area contributed by atoms with E-state index in [2.05, 4.69) is 10.3 Å². The molecule has 0 saturated carbocycles. The maximum atomic E-state index is 13.0. The van der Waals surface area contributed by atoms with Crippen molar-refractivity contribution < 1.29 is 18.7 Å². The van der Waals surface area contributed by atoms with Gasteiger partial charge in [-0.15, -0.1) is 0 Å². The predicted molar refractivity (Wildman–Crippen MR) is 99.5 cm³/mol.